The summed E-state index contributed by atoms with van der Waals surface area (Å²) >= 11 is 0. The zero-order chi connectivity index (χ0) is 33.1. The van der Waals surface area contributed by atoms with Gasteiger partial charge < -0.3 is 4.74 Å². The number of pyridine rings is 1. The fourth-order valence-corrected chi connectivity index (χ4v) is 7.80. The Morgan fingerprint density at radius 2 is 0.940 bits per heavy atom. The number of para-hydroxylation sites is 1. The molecular weight excluding hydrogens is 611 g/mol. The van der Waals surface area contributed by atoms with E-state index in [0.29, 0.717) is 5.82 Å². The van der Waals surface area contributed by atoms with Gasteiger partial charge in [0.15, 0.2) is 5.82 Å². The Morgan fingerprint density at radius 1 is 0.380 bits per heavy atom. The van der Waals surface area contributed by atoms with E-state index in [4.69, 9.17) is 19.7 Å². The van der Waals surface area contributed by atoms with E-state index < -0.39 is 5.41 Å². The molecule has 2 aliphatic rings. The molecule has 0 N–H and O–H groups in total. The van der Waals surface area contributed by atoms with Gasteiger partial charge >= 0.3 is 0 Å². The number of nitrogens with zero attached hydrogens (tertiary/aromatic N) is 3. The zero-order valence-corrected chi connectivity index (χ0v) is 27.0. The largest absolute Gasteiger partial charge is 0.457 e. The standard InChI is InChI=1S/C46H29N3O/c1-3-13-30(14-4-1)41-28-42(49-45(48-41)31-15-5-2-6-16-31)33-23-25-40(47-29-33)32-24-26-44-39(27-32)46(38-21-11-12-22-43(38)50-44)36-19-9-7-17-34(36)35-18-8-10-20-37(35)46/h1-29H. The predicted octanol–water partition coefficient (Wildman–Crippen LogP) is 11.0. The number of hydrogen-bond donors (Lipinski definition) is 0. The smallest absolute Gasteiger partial charge is 0.160 e. The fraction of sp³-hybridized carbons (Fsp3) is 0.0217. The van der Waals surface area contributed by atoms with E-state index in [1.807, 2.05) is 66.9 Å². The molecule has 3 heterocycles. The monoisotopic (exact) mass is 639 g/mol. The second kappa shape index (κ2) is 11.2. The summed E-state index contributed by atoms with van der Waals surface area (Å²) < 4.78 is 6.62. The van der Waals surface area contributed by atoms with Crippen LogP contribution in [0.5, 0.6) is 11.5 Å². The van der Waals surface area contributed by atoms with Gasteiger partial charge in [0.2, 0.25) is 0 Å². The van der Waals surface area contributed by atoms with Gasteiger partial charge in [-0.25, -0.2) is 9.97 Å². The van der Waals surface area contributed by atoms with Crippen LogP contribution in [-0.4, -0.2) is 15.0 Å². The van der Waals surface area contributed by atoms with E-state index in [1.54, 1.807) is 0 Å². The SMILES string of the molecule is c1ccc(-c2cc(-c3ccc(-c4ccc5c(c4)C4(c6ccccc6O5)c5ccccc5-c5ccccc54)nc3)nc(-c3ccccc3)n2)cc1. The lowest BCUT2D eigenvalue weighted by molar-refractivity contribution is 0.436. The Kier molecular flexibility index (Phi) is 6.36. The van der Waals surface area contributed by atoms with Crippen LogP contribution in [0.3, 0.4) is 0 Å². The van der Waals surface area contributed by atoms with Crippen LogP contribution in [0.4, 0.5) is 0 Å². The molecule has 0 fully saturated rings. The maximum atomic E-state index is 6.62. The maximum Gasteiger partial charge on any atom is 0.160 e. The number of hydrogen-bond acceptors (Lipinski definition) is 4. The number of aromatic nitrogens is 3. The molecule has 0 radical (unpaired) electrons. The number of rotatable bonds is 4. The Labute approximate surface area is 290 Å². The van der Waals surface area contributed by atoms with Crippen molar-refractivity contribution >= 4 is 0 Å². The van der Waals surface area contributed by atoms with E-state index in [0.717, 1.165) is 62.0 Å². The first-order valence-electron chi connectivity index (χ1n) is 16.9. The van der Waals surface area contributed by atoms with E-state index in [9.17, 15) is 0 Å². The number of benzene rings is 6. The molecule has 4 nitrogen and oxygen atoms in total. The van der Waals surface area contributed by atoms with E-state index >= 15 is 0 Å². The van der Waals surface area contributed by atoms with Crippen molar-refractivity contribution in [1.29, 1.82) is 0 Å². The molecule has 10 rings (SSSR count). The molecule has 234 valence electrons. The lowest BCUT2D eigenvalue weighted by Gasteiger charge is -2.39. The van der Waals surface area contributed by atoms with Gasteiger partial charge in [0.05, 0.1) is 22.5 Å². The molecule has 8 aromatic rings. The van der Waals surface area contributed by atoms with Crippen molar-refractivity contribution in [2.45, 2.75) is 5.41 Å². The van der Waals surface area contributed by atoms with Crippen molar-refractivity contribution in [3.63, 3.8) is 0 Å². The Hall–Kier alpha value is -6.65. The highest BCUT2D eigenvalue weighted by Gasteiger charge is 2.51. The average Bonchev–Trinajstić information content (AvgIpc) is 3.49. The molecule has 6 aromatic carbocycles. The molecule has 2 aromatic heterocycles. The van der Waals surface area contributed by atoms with Gasteiger partial charge in [-0.3, -0.25) is 4.98 Å². The fourth-order valence-electron chi connectivity index (χ4n) is 7.80. The van der Waals surface area contributed by atoms with Crippen LogP contribution < -0.4 is 4.74 Å². The summed E-state index contributed by atoms with van der Waals surface area (Å²) in [5.74, 6) is 2.43. The van der Waals surface area contributed by atoms with E-state index in [2.05, 4.69) is 109 Å². The van der Waals surface area contributed by atoms with Crippen LogP contribution in [0.25, 0.3) is 56.3 Å². The predicted molar refractivity (Wildman–Crippen MR) is 199 cm³/mol. The highest BCUT2D eigenvalue weighted by Crippen LogP contribution is 2.62. The van der Waals surface area contributed by atoms with Gasteiger partial charge in [0.1, 0.15) is 11.5 Å². The van der Waals surface area contributed by atoms with Gasteiger partial charge in [-0.2, -0.15) is 0 Å². The van der Waals surface area contributed by atoms with E-state index in [1.165, 1.54) is 22.3 Å². The zero-order valence-electron chi connectivity index (χ0n) is 27.0. The molecule has 0 saturated heterocycles. The summed E-state index contributed by atoms with van der Waals surface area (Å²) in [6.07, 6.45) is 1.92. The Balaban J connectivity index is 1.11. The van der Waals surface area contributed by atoms with Crippen LogP contribution in [-0.2, 0) is 5.41 Å². The van der Waals surface area contributed by atoms with Crippen LogP contribution in [0.1, 0.15) is 22.3 Å². The normalized spacial score (nSPS) is 13.1. The van der Waals surface area contributed by atoms with Gasteiger partial charge in [-0.05, 0) is 64.7 Å². The molecule has 50 heavy (non-hydrogen) atoms. The van der Waals surface area contributed by atoms with E-state index in [-0.39, 0.29) is 0 Å². The van der Waals surface area contributed by atoms with Crippen molar-refractivity contribution in [3.8, 4) is 67.8 Å². The second-order valence-corrected chi connectivity index (χ2v) is 12.8. The van der Waals surface area contributed by atoms with Crippen LogP contribution in [0, 0.1) is 0 Å². The summed E-state index contributed by atoms with van der Waals surface area (Å²) in [6, 6.07) is 59.1. The van der Waals surface area contributed by atoms with Gasteiger partial charge in [-0.15, -0.1) is 0 Å². The highest BCUT2D eigenvalue weighted by atomic mass is 16.5. The molecule has 1 spiro atoms. The molecule has 0 unspecified atom stereocenters. The third kappa shape index (κ3) is 4.28. The van der Waals surface area contributed by atoms with Crippen molar-refractivity contribution < 1.29 is 4.74 Å². The quantitative estimate of drug-likeness (QED) is 0.192. The molecule has 0 amide bonds. The van der Waals surface area contributed by atoms with Gasteiger partial charge in [0.25, 0.3) is 0 Å². The second-order valence-electron chi connectivity index (χ2n) is 12.8. The minimum atomic E-state index is -0.518. The first-order valence-corrected chi connectivity index (χ1v) is 16.9. The van der Waals surface area contributed by atoms with Crippen LogP contribution >= 0.6 is 0 Å². The summed E-state index contributed by atoms with van der Waals surface area (Å²) in [6.45, 7) is 0. The van der Waals surface area contributed by atoms with Crippen molar-refractivity contribution in [1.82, 2.24) is 15.0 Å². The lowest BCUT2D eigenvalue weighted by Crippen LogP contribution is -2.32. The summed E-state index contributed by atoms with van der Waals surface area (Å²) in [4.78, 5) is 15.0. The van der Waals surface area contributed by atoms with Crippen LogP contribution in [0.2, 0.25) is 0 Å². The van der Waals surface area contributed by atoms with Crippen molar-refractivity contribution in [2.75, 3.05) is 0 Å². The number of fused-ring (bicyclic) bond motifs is 9. The number of ether oxygens (including phenoxy) is 1. The minimum absolute atomic E-state index is 0.518. The topological polar surface area (TPSA) is 47.9 Å². The van der Waals surface area contributed by atoms with Crippen molar-refractivity contribution in [2.24, 2.45) is 0 Å². The molecule has 4 heteroatoms. The Morgan fingerprint density at radius 3 is 1.62 bits per heavy atom. The molecule has 0 bridgehead atoms. The maximum absolute atomic E-state index is 6.62. The summed E-state index contributed by atoms with van der Waals surface area (Å²) in [5.41, 5.74) is 13.3. The summed E-state index contributed by atoms with van der Waals surface area (Å²) in [7, 11) is 0. The molecule has 1 aliphatic heterocycles. The molecule has 0 saturated carbocycles. The summed E-state index contributed by atoms with van der Waals surface area (Å²) in [5, 5.41) is 0. The molecule has 1 aliphatic carbocycles. The minimum Gasteiger partial charge on any atom is -0.457 e. The Bertz CT molecular complexity index is 2460. The molecular formula is C46H29N3O. The first-order chi connectivity index (χ1) is 24.8. The third-order valence-electron chi connectivity index (χ3n) is 10.0. The van der Waals surface area contributed by atoms with Crippen LogP contribution in [0.15, 0.2) is 176 Å². The highest BCUT2D eigenvalue weighted by molar-refractivity contribution is 5.89. The lowest BCUT2D eigenvalue weighted by atomic mass is 9.66. The van der Waals surface area contributed by atoms with Gasteiger partial charge in [-0.1, -0.05) is 127 Å². The third-order valence-corrected chi connectivity index (χ3v) is 10.0. The van der Waals surface area contributed by atoms with Crippen molar-refractivity contribution in [3.05, 3.63) is 198 Å². The first kappa shape index (κ1) is 28.4. The molecule has 0 atom stereocenters. The average molecular weight is 640 g/mol. The van der Waals surface area contributed by atoms with Gasteiger partial charge in [0, 0.05) is 39.6 Å².